The number of nitrogens with one attached hydrogen (secondary N) is 1. The summed E-state index contributed by atoms with van der Waals surface area (Å²) in [5.74, 6) is -0.996. The Hall–Kier alpha value is -2.31. The number of rotatable bonds is 5. The summed E-state index contributed by atoms with van der Waals surface area (Å²) < 4.78 is 5.20. The van der Waals surface area contributed by atoms with Gasteiger partial charge in [-0.05, 0) is 31.2 Å². The molecule has 1 heterocycles. The van der Waals surface area contributed by atoms with Gasteiger partial charge >= 0.3 is 5.97 Å². The average molecular weight is 382 g/mol. The number of hydrogen-bond acceptors (Lipinski definition) is 5. The molecule has 0 aliphatic rings. The summed E-state index contributed by atoms with van der Waals surface area (Å²) in [4.78, 5) is 30.2. The average Bonchev–Trinajstić information content (AvgIpc) is 2.57. The number of pyridine rings is 1. The third-order valence-corrected chi connectivity index (χ3v) is 3.80. The molecule has 1 aromatic carbocycles. The van der Waals surface area contributed by atoms with Gasteiger partial charge in [0, 0.05) is 26.0 Å². The van der Waals surface area contributed by atoms with E-state index in [1.165, 1.54) is 19.2 Å². The first kappa shape index (κ1) is 19.0. The molecule has 6 nitrogen and oxygen atoms in total. The molecule has 2 aromatic rings. The van der Waals surface area contributed by atoms with Crippen LogP contribution in [0.5, 0.6) is 0 Å². The summed E-state index contributed by atoms with van der Waals surface area (Å²) in [6.07, 6.45) is 0.330. The topological polar surface area (TPSA) is 71.5 Å². The number of carbonyl (C=O) groups is 2. The third-order valence-electron chi connectivity index (χ3n) is 3.30. The van der Waals surface area contributed by atoms with Crippen molar-refractivity contribution in [3.05, 3.63) is 52.1 Å². The van der Waals surface area contributed by atoms with Gasteiger partial charge in [-0.25, -0.2) is 9.78 Å². The lowest BCUT2D eigenvalue weighted by atomic mass is 10.2. The molecule has 2 rings (SSSR count). The maximum absolute atomic E-state index is 12.2. The molecule has 0 aliphatic heterocycles. The number of aromatic nitrogens is 1. The minimum atomic E-state index is -1.02. The highest BCUT2D eigenvalue weighted by Crippen LogP contribution is 2.23. The quantitative estimate of drug-likeness (QED) is 0.800. The molecule has 1 aromatic heterocycles. The van der Waals surface area contributed by atoms with Gasteiger partial charge in [0.25, 0.3) is 5.91 Å². The zero-order chi connectivity index (χ0) is 18.6. The van der Waals surface area contributed by atoms with Gasteiger partial charge in [0.05, 0.1) is 15.6 Å². The van der Waals surface area contributed by atoms with Crippen molar-refractivity contribution in [3.8, 4) is 0 Å². The van der Waals surface area contributed by atoms with E-state index >= 15 is 0 Å². The van der Waals surface area contributed by atoms with Crippen molar-refractivity contribution in [2.75, 3.05) is 24.3 Å². The number of hydrogen-bond donors (Lipinski definition) is 1. The Labute approximate surface area is 155 Å². The highest BCUT2D eigenvalue weighted by atomic mass is 35.5. The number of ether oxygens (including phenoxy) is 1. The zero-order valence-electron chi connectivity index (χ0n) is 13.9. The predicted molar refractivity (Wildman–Crippen MR) is 98.5 cm³/mol. The number of amides is 1. The van der Waals surface area contributed by atoms with Gasteiger partial charge in [-0.1, -0.05) is 29.3 Å². The summed E-state index contributed by atoms with van der Waals surface area (Å²) in [7, 11) is 3.73. The van der Waals surface area contributed by atoms with E-state index < -0.39 is 18.0 Å². The van der Waals surface area contributed by atoms with E-state index in [2.05, 4.69) is 10.3 Å². The van der Waals surface area contributed by atoms with E-state index in [-0.39, 0.29) is 10.8 Å². The normalized spacial score (nSPS) is 11.6. The number of benzene rings is 1. The molecule has 1 N–H and O–H groups in total. The molecule has 0 unspecified atom stereocenters. The van der Waals surface area contributed by atoms with E-state index in [0.717, 1.165) is 5.69 Å². The minimum absolute atomic E-state index is 0.147. The van der Waals surface area contributed by atoms with E-state index in [1.807, 2.05) is 25.1 Å². The predicted octanol–water partition coefficient (Wildman–Crippen LogP) is 3.64. The largest absolute Gasteiger partial charge is 0.449 e. The monoisotopic (exact) mass is 381 g/mol. The number of esters is 1. The molecular formula is C17H17Cl2N3O3. The Morgan fingerprint density at radius 3 is 2.60 bits per heavy atom. The van der Waals surface area contributed by atoms with Crippen LogP contribution in [0, 0.1) is 0 Å². The van der Waals surface area contributed by atoms with Crippen molar-refractivity contribution in [2.24, 2.45) is 0 Å². The van der Waals surface area contributed by atoms with Crippen LogP contribution >= 0.6 is 23.2 Å². The van der Waals surface area contributed by atoms with Gasteiger partial charge in [0.15, 0.2) is 11.9 Å². The first-order valence-corrected chi connectivity index (χ1v) is 8.14. The highest BCUT2D eigenvalue weighted by molar-refractivity contribution is 6.36. The van der Waals surface area contributed by atoms with Crippen molar-refractivity contribution in [1.82, 2.24) is 4.98 Å². The van der Waals surface area contributed by atoms with Crippen LogP contribution < -0.4 is 10.2 Å². The van der Waals surface area contributed by atoms with Crippen LogP contribution in [0.2, 0.25) is 10.0 Å². The third kappa shape index (κ3) is 5.08. The highest BCUT2D eigenvalue weighted by Gasteiger charge is 2.20. The molecule has 0 spiro atoms. The molecule has 0 aliphatic carbocycles. The number of anilines is 2. The fraction of sp³-hybridized carbons (Fsp3) is 0.235. The lowest BCUT2D eigenvalue weighted by Crippen LogP contribution is -2.30. The Morgan fingerprint density at radius 2 is 1.96 bits per heavy atom. The number of carbonyl (C=O) groups excluding carboxylic acids is 2. The fourth-order valence-corrected chi connectivity index (χ4v) is 2.35. The fourth-order valence-electron chi connectivity index (χ4n) is 1.92. The zero-order valence-corrected chi connectivity index (χ0v) is 15.4. The lowest BCUT2D eigenvalue weighted by molar-refractivity contribution is -0.123. The van der Waals surface area contributed by atoms with Crippen molar-refractivity contribution in [1.29, 1.82) is 0 Å². The Kier molecular flexibility index (Phi) is 6.22. The van der Waals surface area contributed by atoms with Crippen LogP contribution in [0.3, 0.4) is 0 Å². The van der Waals surface area contributed by atoms with Crippen LogP contribution in [-0.4, -0.2) is 37.1 Å². The SMILES string of the molecule is C[C@H](OC(=O)c1cccc(N(C)C)c1)C(=O)Nc1ncc(Cl)cc1Cl. The molecule has 0 saturated heterocycles. The van der Waals surface area contributed by atoms with Crippen molar-refractivity contribution in [2.45, 2.75) is 13.0 Å². The van der Waals surface area contributed by atoms with Crippen LogP contribution in [0.1, 0.15) is 17.3 Å². The van der Waals surface area contributed by atoms with E-state index in [4.69, 9.17) is 27.9 Å². The van der Waals surface area contributed by atoms with Crippen molar-refractivity contribution in [3.63, 3.8) is 0 Å². The molecule has 1 atom stereocenters. The summed E-state index contributed by atoms with van der Waals surface area (Å²) in [6.45, 7) is 1.47. The van der Waals surface area contributed by atoms with Crippen molar-refractivity contribution < 1.29 is 14.3 Å². The molecule has 0 bridgehead atoms. The minimum Gasteiger partial charge on any atom is -0.449 e. The van der Waals surface area contributed by atoms with E-state index in [9.17, 15) is 9.59 Å². The molecule has 0 saturated carbocycles. The first-order chi connectivity index (χ1) is 11.8. The van der Waals surface area contributed by atoms with Crippen LogP contribution in [0.15, 0.2) is 36.5 Å². The van der Waals surface area contributed by atoms with Crippen LogP contribution in [0.25, 0.3) is 0 Å². The van der Waals surface area contributed by atoms with Gasteiger partial charge in [-0.2, -0.15) is 0 Å². The summed E-state index contributed by atoms with van der Waals surface area (Å²) >= 11 is 11.7. The second-order valence-corrected chi connectivity index (χ2v) is 6.31. The van der Waals surface area contributed by atoms with E-state index in [1.54, 1.807) is 18.2 Å². The molecule has 132 valence electrons. The standard InChI is InChI=1S/C17H17Cl2N3O3/c1-10(16(23)21-15-14(19)8-12(18)9-20-15)25-17(24)11-5-4-6-13(7-11)22(2)3/h4-10H,1-3H3,(H,20,21,23)/t10-/m0/s1. The second kappa shape index (κ2) is 8.18. The maximum atomic E-state index is 12.2. The number of nitrogens with zero attached hydrogens (tertiary/aromatic N) is 2. The summed E-state index contributed by atoms with van der Waals surface area (Å²) in [5.41, 5.74) is 1.21. The first-order valence-electron chi connectivity index (χ1n) is 7.38. The Morgan fingerprint density at radius 1 is 1.24 bits per heavy atom. The molecule has 8 heteroatoms. The Balaban J connectivity index is 2.03. The molecule has 1 amide bonds. The molecule has 0 radical (unpaired) electrons. The maximum Gasteiger partial charge on any atom is 0.338 e. The van der Waals surface area contributed by atoms with E-state index in [0.29, 0.717) is 10.6 Å². The summed E-state index contributed by atoms with van der Waals surface area (Å²) in [6, 6.07) is 8.37. The molecule has 25 heavy (non-hydrogen) atoms. The lowest BCUT2D eigenvalue weighted by Gasteiger charge is -2.15. The van der Waals surface area contributed by atoms with Gasteiger partial charge < -0.3 is 15.0 Å². The second-order valence-electron chi connectivity index (χ2n) is 5.47. The molecular weight excluding hydrogens is 365 g/mol. The molecule has 0 fully saturated rings. The van der Waals surface area contributed by atoms with Crippen molar-refractivity contribution >= 4 is 46.6 Å². The number of halogens is 2. The van der Waals surface area contributed by atoms with Gasteiger partial charge in [-0.15, -0.1) is 0 Å². The Bertz CT molecular complexity index is 796. The summed E-state index contributed by atoms with van der Waals surface area (Å²) in [5, 5.41) is 3.04. The van der Waals surface area contributed by atoms with Gasteiger partial charge in [0.1, 0.15) is 0 Å². The van der Waals surface area contributed by atoms with Gasteiger partial charge in [0.2, 0.25) is 0 Å². The van der Waals surface area contributed by atoms with Crippen LogP contribution in [-0.2, 0) is 9.53 Å². The smallest absolute Gasteiger partial charge is 0.338 e. The van der Waals surface area contributed by atoms with Crippen LogP contribution in [0.4, 0.5) is 11.5 Å². The van der Waals surface area contributed by atoms with Gasteiger partial charge in [-0.3, -0.25) is 4.79 Å².